The second-order valence-electron chi connectivity index (χ2n) is 9.28. The fraction of sp³-hybridized carbons (Fsp3) is 0.161. The predicted octanol–water partition coefficient (Wildman–Crippen LogP) is 5.41. The molecule has 0 fully saturated rings. The zero-order valence-electron chi connectivity index (χ0n) is 22.1. The van der Waals surface area contributed by atoms with E-state index in [9.17, 15) is 14.4 Å². The van der Waals surface area contributed by atoms with Crippen molar-refractivity contribution in [2.75, 3.05) is 11.9 Å². The lowest BCUT2D eigenvalue weighted by Crippen LogP contribution is -2.32. The quantitative estimate of drug-likeness (QED) is 0.108. The van der Waals surface area contributed by atoms with E-state index >= 15 is 8.78 Å². The predicted molar refractivity (Wildman–Crippen MR) is 149 cm³/mol. The Morgan fingerprint density at radius 3 is 2.49 bits per heavy atom. The SMILES string of the molecule is CCc1nccn1-c1ccccc1C(=O)C(C(=O)ONC(=O)c1ccccc1)=C1c2ccccc2NCCC1(F)F. The summed E-state index contributed by atoms with van der Waals surface area (Å²) in [6.45, 7) is 1.79. The number of anilines is 1. The summed E-state index contributed by atoms with van der Waals surface area (Å²) < 4.78 is 33.4. The molecule has 1 aliphatic heterocycles. The average Bonchev–Trinajstić information content (AvgIpc) is 3.43. The van der Waals surface area contributed by atoms with Crippen LogP contribution in [0.2, 0.25) is 0 Å². The number of Topliss-reactive ketones (excluding diaryl/α,β-unsaturated/α-hetero) is 1. The molecule has 2 N–H and O–H groups in total. The number of fused-ring (bicyclic) bond motifs is 1. The molecule has 10 heteroatoms. The minimum absolute atomic E-state index is 0.0143. The second kappa shape index (κ2) is 11.5. The molecule has 0 spiro atoms. The highest BCUT2D eigenvalue weighted by atomic mass is 19.3. The molecule has 1 amide bonds. The number of nitrogens with zero attached hydrogens (tertiary/aromatic N) is 2. The van der Waals surface area contributed by atoms with Gasteiger partial charge in [-0.25, -0.2) is 18.6 Å². The van der Waals surface area contributed by atoms with Gasteiger partial charge in [0, 0.05) is 59.7 Å². The summed E-state index contributed by atoms with van der Waals surface area (Å²) in [7, 11) is 0. The Morgan fingerprint density at radius 2 is 1.71 bits per heavy atom. The largest absolute Gasteiger partial charge is 0.384 e. The van der Waals surface area contributed by atoms with E-state index in [-0.39, 0.29) is 23.2 Å². The van der Waals surface area contributed by atoms with Crippen molar-refractivity contribution in [2.24, 2.45) is 0 Å². The molecular formula is C31H26F2N4O4. The number of amides is 1. The van der Waals surface area contributed by atoms with Gasteiger partial charge in [0.05, 0.1) is 5.69 Å². The first-order chi connectivity index (χ1) is 19.8. The van der Waals surface area contributed by atoms with Crippen LogP contribution in [-0.2, 0) is 16.1 Å². The van der Waals surface area contributed by atoms with Crippen LogP contribution in [0.5, 0.6) is 0 Å². The van der Waals surface area contributed by atoms with Crippen molar-refractivity contribution in [3.05, 3.63) is 119 Å². The van der Waals surface area contributed by atoms with Gasteiger partial charge in [-0.3, -0.25) is 9.59 Å². The number of hydroxylamine groups is 1. The summed E-state index contributed by atoms with van der Waals surface area (Å²) >= 11 is 0. The third kappa shape index (κ3) is 5.49. The number of ketones is 1. The molecule has 0 radical (unpaired) electrons. The van der Waals surface area contributed by atoms with Crippen molar-refractivity contribution in [3.63, 3.8) is 0 Å². The second-order valence-corrected chi connectivity index (χ2v) is 9.28. The van der Waals surface area contributed by atoms with Gasteiger partial charge in [-0.2, -0.15) is 5.48 Å². The van der Waals surface area contributed by atoms with Crippen LogP contribution in [0, 0.1) is 0 Å². The van der Waals surface area contributed by atoms with Gasteiger partial charge >= 0.3 is 5.97 Å². The zero-order valence-corrected chi connectivity index (χ0v) is 22.1. The minimum atomic E-state index is -3.59. The summed E-state index contributed by atoms with van der Waals surface area (Å²) in [6, 6.07) is 20.5. The Morgan fingerprint density at radius 1 is 1.00 bits per heavy atom. The number of allylic oxidation sites excluding steroid dienone is 1. The summed E-state index contributed by atoms with van der Waals surface area (Å²) in [6.07, 6.45) is 3.07. The Balaban J connectivity index is 1.67. The number of para-hydroxylation sites is 2. The number of nitrogens with one attached hydrogen (secondary N) is 2. The smallest absolute Gasteiger partial charge is 0.367 e. The molecule has 0 bridgehead atoms. The van der Waals surface area contributed by atoms with Crippen molar-refractivity contribution in [2.45, 2.75) is 25.7 Å². The summed E-state index contributed by atoms with van der Waals surface area (Å²) in [5.41, 5.74) is 1.17. The van der Waals surface area contributed by atoms with Crippen molar-refractivity contribution in [3.8, 4) is 5.69 Å². The molecule has 2 heterocycles. The topological polar surface area (TPSA) is 102 Å². The van der Waals surface area contributed by atoms with Crippen molar-refractivity contribution < 1.29 is 28.0 Å². The fourth-order valence-electron chi connectivity index (χ4n) is 4.78. The zero-order chi connectivity index (χ0) is 29.0. The molecule has 0 saturated carbocycles. The van der Waals surface area contributed by atoms with Crippen LogP contribution in [0.4, 0.5) is 14.5 Å². The van der Waals surface area contributed by atoms with Gasteiger partial charge in [0.25, 0.3) is 11.8 Å². The molecule has 8 nitrogen and oxygen atoms in total. The Bertz CT molecular complexity index is 1650. The minimum Gasteiger partial charge on any atom is -0.384 e. The number of rotatable bonds is 6. The highest BCUT2D eigenvalue weighted by molar-refractivity contribution is 6.30. The number of hydrogen-bond donors (Lipinski definition) is 2. The molecule has 1 aromatic heterocycles. The normalized spacial score (nSPS) is 15.1. The van der Waals surface area contributed by atoms with E-state index in [4.69, 9.17) is 4.84 Å². The highest BCUT2D eigenvalue weighted by Gasteiger charge is 2.44. The summed E-state index contributed by atoms with van der Waals surface area (Å²) in [4.78, 5) is 49.8. The molecule has 1 aliphatic rings. The first-order valence-corrected chi connectivity index (χ1v) is 13.0. The lowest BCUT2D eigenvalue weighted by atomic mass is 9.88. The maximum atomic E-state index is 15.9. The van der Waals surface area contributed by atoms with Crippen LogP contribution < -0.4 is 10.8 Å². The summed E-state index contributed by atoms with van der Waals surface area (Å²) in [5, 5.41) is 2.94. The van der Waals surface area contributed by atoms with Crippen LogP contribution in [0.25, 0.3) is 11.3 Å². The molecule has 0 unspecified atom stereocenters. The number of imidazole rings is 1. The molecule has 0 saturated heterocycles. The summed E-state index contributed by atoms with van der Waals surface area (Å²) in [5.74, 6) is -6.14. The van der Waals surface area contributed by atoms with E-state index in [0.29, 0.717) is 23.6 Å². The molecule has 4 aromatic rings. The standard InChI is InChI=1S/C31H26F2N4O4/c1-2-25-35-18-19-37(25)24-15-9-7-13-22(24)28(38)26(30(40)41-36-29(39)20-10-4-3-5-11-20)27-21-12-6-8-14-23(21)34-17-16-31(27,32)33/h3-15,18-19,34H,2,16-17H2,1H3,(H,36,39). The van der Waals surface area contributed by atoms with Crippen molar-refractivity contribution in [1.29, 1.82) is 0 Å². The molecule has 41 heavy (non-hydrogen) atoms. The van der Waals surface area contributed by atoms with Gasteiger partial charge in [-0.15, -0.1) is 0 Å². The Kier molecular flexibility index (Phi) is 7.73. The van der Waals surface area contributed by atoms with Gasteiger partial charge in [0.1, 0.15) is 11.4 Å². The van der Waals surface area contributed by atoms with Crippen LogP contribution in [0.1, 0.15) is 45.4 Å². The lowest BCUT2D eigenvalue weighted by molar-refractivity contribution is -0.143. The van der Waals surface area contributed by atoms with E-state index in [0.717, 1.165) is 0 Å². The lowest BCUT2D eigenvalue weighted by Gasteiger charge is -2.22. The molecular weight excluding hydrogens is 530 g/mol. The van der Waals surface area contributed by atoms with E-state index in [1.54, 1.807) is 71.6 Å². The molecule has 0 atom stereocenters. The van der Waals surface area contributed by atoms with Crippen LogP contribution in [0.3, 0.4) is 0 Å². The number of carbonyl (C=O) groups excluding carboxylic acids is 3. The first-order valence-electron chi connectivity index (χ1n) is 13.0. The Labute approximate surface area is 234 Å². The number of alkyl halides is 2. The molecule has 208 valence electrons. The number of aromatic nitrogens is 2. The van der Waals surface area contributed by atoms with E-state index in [1.165, 1.54) is 24.3 Å². The fourth-order valence-corrected chi connectivity index (χ4v) is 4.78. The molecule has 5 rings (SSSR count). The third-order valence-electron chi connectivity index (χ3n) is 6.71. The number of benzene rings is 3. The van der Waals surface area contributed by atoms with Crippen LogP contribution in [-0.4, -0.2) is 39.7 Å². The van der Waals surface area contributed by atoms with Gasteiger partial charge in [0.2, 0.25) is 5.78 Å². The van der Waals surface area contributed by atoms with Gasteiger partial charge in [-0.1, -0.05) is 55.5 Å². The Hall–Kier alpha value is -5.12. The average molecular weight is 557 g/mol. The van der Waals surface area contributed by atoms with Crippen molar-refractivity contribution >= 4 is 28.9 Å². The highest BCUT2D eigenvalue weighted by Crippen LogP contribution is 2.44. The number of halogens is 2. The first kappa shape index (κ1) is 27.4. The molecule has 0 aliphatic carbocycles. The maximum Gasteiger partial charge on any atom is 0.367 e. The maximum absolute atomic E-state index is 15.9. The molecule has 3 aromatic carbocycles. The van der Waals surface area contributed by atoms with Crippen LogP contribution >= 0.6 is 0 Å². The van der Waals surface area contributed by atoms with Gasteiger partial charge in [0.15, 0.2) is 0 Å². The number of aryl methyl sites for hydroxylation is 1. The third-order valence-corrected chi connectivity index (χ3v) is 6.71. The van der Waals surface area contributed by atoms with Gasteiger partial charge in [-0.05, 0) is 30.3 Å². The van der Waals surface area contributed by atoms with Crippen LogP contribution in [0.15, 0.2) is 96.8 Å². The number of hydrogen-bond acceptors (Lipinski definition) is 6. The van der Waals surface area contributed by atoms with Gasteiger partial charge < -0.3 is 14.7 Å². The van der Waals surface area contributed by atoms with E-state index in [1.807, 2.05) is 12.4 Å². The van der Waals surface area contributed by atoms with E-state index < -0.39 is 41.1 Å². The monoisotopic (exact) mass is 556 g/mol. The van der Waals surface area contributed by atoms with Crippen molar-refractivity contribution in [1.82, 2.24) is 15.0 Å². The van der Waals surface area contributed by atoms with E-state index in [2.05, 4.69) is 10.3 Å². The number of carbonyl (C=O) groups is 3.